The molecule has 136 valence electrons. The summed E-state index contributed by atoms with van der Waals surface area (Å²) in [6.45, 7) is 8.24. The maximum Gasteiger partial charge on any atom is 0.243 e. The molecule has 6 heteroatoms. The van der Waals surface area contributed by atoms with Gasteiger partial charge in [0.1, 0.15) is 5.75 Å². The van der Waals surface area contributed by atoms with Gasteiger partial charge in [-0.3, -0.25) is 4.90 Å². The van der Waals surface area contributed by atoms with E-state index >= 15 is 0 Å². The van der Waals surface area contributed by atoms with Crippen molar-refractivity contribution in [2.75, 3.05) is 38.2 Å². The van der Waals surface area contributed by atoms with Gasteiger partial charge in [-0.1, -0.05) is 24.6 Å². The first-order valence-electron chi connectivity index (χ1n) is 9.16. The largest absolute Gasteiger partial charge is 0.497 e. The Morgan fingerprint density at radius 3 is 2.76 bits per heavy atom. The number of anilines is 1. The fourth-order valence-corrected chi connectivity index (χ4v) is 3.20. The van der Waals surface area contributed by atoms with Crippen LogP contribution in [0, 0.1) is 0 Å². The van der Waals surface area contributed by atoms with Crippen LogP contribution in [0.3, 0.4) is 0 Å². The quantitative estimate of drug-likeness (QED) is 0.768. The number of aryl methyl sites for hydroxylation is 1. The standard InChI is InChI=1S/C19H28N4O2/c1-4-5-9-18-20-19(25-21-18)15(2)22-10-12-23(13-11-22)16-7-6-8-17(14-16)24-3/h6-8,14-15H,4-5,9-13H2,1-3H3. The summed E-state index contributed by atoms with van der Waals surface area (Å²) in [5.74, 6) is 2.47. The van der Waals surface area contributed by atoms with Crippen molar-refractivity contribution in [1.29, 1.82) is 0 Å². The molecule has 2 heterocycles. The summed E-state index contributed by atoms with van der Waals surface area (Å²) in [5, 5.41) is 4.11. The third kappa shape index (κ3) is 4.31. The molecule has 1 unspecified atom stereocenters. The van der Waals surface area contributed by atoms with E-state index in [0.29, 0.717) is 0 Å². The predicted molar refractivity (Wildman–Crippen MR) is 98.1 cm³/mol. The minimum absolute atomic E-state index is 0.162. The van der Waals surface area contributed by atoms with Crippen molar-refractivity contribution in [3.8, 4) is 5.75 Å². The van der Waals surface area contributed by atoms with Gasteiger partial charge in [0.05, 0.1) is 13.2 Å². The third-order valence-corrected chi connectivity index (χ3v) is 4.88. The highest BCUT2D eigenvalue weighted by Crippen LogP contribution is 2.25. The Bertz CT molecular complexity index is 665. The molecule has 1 aromatic heterocycles. The Hall–Kier alpha value is -2.08. The zero-order valence-electron chi connectivity index (χ0n) is 15.4. The van der Waals surface area contributed by atoms with E-state index in [1.807, 2.05) is 12.1 Å². The number of nitrogens with zero attached hydrogens (tertiary/aromatic N) is 4. The smallest absolute Gasteiger partial charge is 0.243 e. The topological polar surface area (TPSA) is 54.6 Å². The van der Waals surface area contributed by atoms with Crippen LogP contribution < -0.4 is 9.64 Å². The molecule has 1 fully saturated rings. The molecule has 0 N–H and O–H groups in total. The average molecular weight is 344 g/mol. The van der Waals surface area contributed by atoms with Gasteiger partial charge in [0.15, 0.2) is 5.82 Å². The van der Waals surface area contributed by atoms with Crippen molar-refractivity contribution in [2.24, 2.45) is 0 Å². The second-order valence-corrected chi connectivity index (χ2v) is 6.55. The number of aromatic nitrogens is 2. The van der Waals surface area contributed by atoms with Gasteiger partial charge >= 0.3 is 0 Å². The van der Waals surface area contributed by atoms with Crippen molar-refractivity contribution < 1.29 is 9.26 Å². The fourth-order valence-electron chi connectivity index (χ4n) is 3.20. The minimum atomic E-state index is 0.162. The van der Waals surface area contributed by atoms with Gasteiger partial charge in [0.2, 0.25) is 5.89 Å². The highest BCUT2D eigenvalue weighted by Gasteiger charge is 2.26. The van der Waals surface area contributed by atoms with Gasteiger partial charge in [0.25, 0.3) is 0 Å². The summed E-state index contributed by atoms with van der Waals surface area (Å²) in [6, 6.07) is 8.42. The van der Waals surface area contributed by atoms with E-state index in [2.05, 4.69) is 45.9 Å². The van der Waals surface area contributed by atoms with Gasteiger partial charge in [-0.05, 0) is 25.5 Å². The molecule has 0 amide bonds. The SMILES string of the molecule is CCCCc1noc(C(C)N2CCN(c3cccc(OC)c3)CC2)n1. The Labute approximate surface area is 149 Å². The van der Waals surface area contributed by atoms with Crippen LogP contribution in [-0.2, 0) is 6.42 Å². The Balaban J connectivity index is 1.56. The first-order chi connectivity index (χ1) is 12.2. The van der Waals surface area contributed by atoms with Crippen molar-refractivity contribution in [2.45, 2.75) is 39.2 Å². The molecule has 3 rings (SSSR count). The van der Waals surface area contributed by atoms with Crippen LogP contribution in [0.5, 0.6) is 5.75 Å². The van der Waals surface area contributed by atoms with Gasteiger partial charge in [-0.2, -0.15) is 4.98 Å². The molecular formula is C19H28N4O2. The summed E-state index contributed by atoms with van der Waals surface area (Å²) < 4.78 is 10.8. The lowest BCUT2D eigenvalue weighted by molar-refractivity contribution is 0.164. The molecule has 1 aromatic carbocycles. The predicted octanol–water partition coefficient (Wildman–Crippen LogP) is 3.30. The summed E-state index contributed by atoms with van der Waals surface area (Å²) in [7, 11) is 1.71. The second-order valence-electron chi connectivity index (χ2n) is 6.55. The molecule has 25 heavy (non-hydrogen) atoms. The molecule has 1 atom stereocenters. The highest BCUT2D eigenvalue weighted by molar-refractivity contribution is 5.51. The van der Waals surface area contributed by atoms with Crippen molar-refractivity contribution in [1.82, 2.24) is 15.0 Å². The first kappa shape index (κ1) is 17.7. The maximum atomic E-state index is 5.49. The summed E-state index contributed by atoms with van der Waals surface area (Å²) in [6.07, 6.45) is 3.15. The summed E-state index contributed by atoms with van der Waals surface area (Å²) >= 11 is 0. The molecule has 0 bridgehead atoms. The van der Waals surface area contributed by atoms with E-state index in [4.69, 9.17) is 9.26 Å². The van der Waals surface area contributed by atoms with Gasteiger partial charge < -0.3 is 14.2 Å². The highest BCUT2D eigenvalue weighted by atomic mass is 16.5. The van der Waals surface area contributed by atoms with E-state index < -0.39 is 0 Å². The fraction of sp³-hybridized carbons (Fsp3) is 0.579. The van der Waals surface area contributed by atoms with E-state index in [1.165, 1.54) is 5.69 Å². The van der Waals surface area contributed by atoms with Crippen LogP contribution in [0.2, 0.25) is 0 Å². The van der Waals surface area contributed by atoms with Crippen LogP contribution in [0.15, 0.2) is 28.8 Å². The van der Waals surface area contributed by atoms with E-state index in [1.54, 1.807) is 7.11 Å². The molecule has 0 spiro atoms. The number of rotatable bonds is 7. The number of piperazine rings is 1. The average Bonchev–Trinajstić information content (AvgIpc) is 3.15. The molecule has 2 aromatic rings. The molecule has 0 aliphatic carbocycles. The van der Waals surface area contributed by atoms with Crippen LogP contribution in [0.1, 0.15) is 44.4 Å². The molecule has 6 nitrogen and oxygen atoms in total. The van der Waals surface area contributed by atoms with Crippen LogP contribution in [-0.4, -0.2) is 48.3 Å². The van der Waals surface area contributed by atoms with Crippen molar-refractivity contribution >= 4 is 5.69 Å². The maximum absolute atomic E-state index is 5.49. The molecule has 1 aliphatic rings. The van der Waals surface area contributed by atoms with Crippen LogP contribution in [0.25, 0.3) is 0 Å². The van der Waals surface area contributed by atoms with E-state index in [0.717, 1.165) is 62.9 Å². The van der Waals surface area contributed by atoms with Crippen molar-refractivity contribution in [3.63, 3.8) is 0 Å². The molecule has 0 saturated carbocycles. The summed E-state index contributed by atoms with van der Waals surface area (Å²) in [5.41, 5.74) is 1.21. The van der Waals surface area contributed by atoms with Crippen molar-refractivity contribution in [3.05, 3.63) is 36.0 Å². The van der Waals surface area contributed by atoms with E-state index in [9.17, 15) is 0 Å². The lowest BCUT2D eigenvalue weighted by atomic mass is 10.2. The Morgan fingerprint density at radius 1 is 1.24 bits per heavy atom. The Kier molecular flexibility index (Phi) is 5.91. The lowest BCUT2D eigenvalue weighted by Gasteiger charge is -2.38. The number of methoxy groups -OCH3 is 1. The lowest BCUT2D eigenvalue weighted by Crippen LogP contribution is -2.47. The van der Waals surface area contributed by atoms with Crippen LogP contribution >= 0.6 is 0 Å². The molecule has 1 aliphatic heterocycles. The Morgan fingerprint density at radius 2 is 2.04 bits per heavy atom. The number of hydrogen-bond donors (Lipinski definition) is 0. The summed E-state index contributed by atoms with van der Waals surface area (Å²) in [4.78, 5) is 9.38. The number of ether oxygens (including phenoxy) is 1. The zero-order valence-corrected chi connectivity index (χ0v) is 15.4. The molecule has 0 radical (unpaired) electrons. The zero-order chi connectivity index (χ0) is 17.6. The van der Waals surface area contributed by atoms with E-state index in [-0.39, 0.29) is 6.04 Å². The molecule has 1 saturated heterocycles. The van der Waals surface area contributed by atoms with Gasteiger partial charge in [-0.25, -0.2) is 0 Å². The van der Waals surface area contributed by atoms with Crippen LogP contribution in [0.4, 0.5) is 5.69 Å². The first-order valence-corrected chi connectivity index (χ1v) is 9.16. The number of benzene rings is 1. The third-order valence-electron chi connectivity index (χ3n) is 4.88. The van der Waals surface area contributed by atoms with Gasteiger partial charge in [0, 0.05) is 44.4 Å². The number of hydrogen-bond acceptors (Lipinski definition) is 6. The second kappa shape index (κ2) is 8.34. The normalized spacial score (nSPS) is 16.8. The minimum Gasteiger partial charge on any atom is -0.497 e. The monoisotopic (exact) mass is 344 g/mol. The molecular weight excluding hydrogens is 316 g/mol. The number of unbranched alkanes of at least 4 members (excludes halogenated alkanes) is 1. The van der Waals surface area contributed by atoms with Gasteiger partial charge in [-0.15, -0.1) is 0 Å².